The first-order valence-corrected chi connectivity index (χ1v) is 12.0. The van der Waals surface area contributed by atoms with Crippen LogP contribution >= 0.6 is 0 Å². The molecule has 1 saturated heterocycles. The molecular formula is C20H30N6O2S. The molecule has 1 aromatic carbocycles. The van der Waals surface area contributed by atoms with Crippen molar-refractivity contribution in [2.45, 2.75) is 44.1 Å². The van der Waals surface area contributed by atoms with Crippen LogP contribution in [0.15, 0.2) is 35.1 Å². The summed E-state index contributed by atoms with van der Waals surface area (Å²) in [7, 11) is -3.12. The molecule has 0 aliphatic carbocycles. The van der Waals surface area contributed by atoms with Gasteiger partial charge in [0.1, 0.15) is 5.82 Å². The van der Waals surface area contributed by atoms with Crippen LogP contribution in [0.25, 0.3) is 0 Å². The van der Waals surface area contributed by atoms with Crippen LogP contribution in [-0.4, -0.2) is 50.9 Å². The molecule has 2 atom stereocenters. The average Bonchev–Trinajstić information content (AvgIpc) is 2.68. The molecule has 1 fully saturated rings. The van der Waals surface area contributed by atoms with E-state index >= 15 is 0 Å². The smallest absolute Gasteiger partial charge is 0.211 e. The number of allylic oxidation sites excluding steroid dienone is 1. The van der Waals surface area contributed by atoms with Gasteiger partial charge in [-0.2, -0.15) is 0 Å². The zero-order valence-electron chi connectivity index (χ0n) is 17.0. The first-order valence-electron chi connectivity index (χ1n) is 10.2. The largest absolute Gasteiger partial charge is 0.369 e. The van der Waals surface area contributed by atoms with E-state index in [1.165, 1.54) is 21.7 Å². The highest BCUT2D eigenvalue weighted by atomic mass is 32.2. The summed E-state index contributed by atoms with van der Waals surface area (Å²) in [6.07, 6.45) is 7.39. The van der Waals surface area contributed by atoms with Gasteiger partial charge < -0.3 is 16.0 Å². The fourth-order valence-electron chi connectivity index (χ4n) is 4.29. The van der Waals surface area contributed by atoms with Crippen molar-refractivity contribution in [3.8, 4) is 0 Å². The third kappa shape index (κ3) is 4.32. The fraction of sp³-hybridized carbons (Fsp3) is 0.550. The van der Waals surface area contributed by atoms with Gasteiger partial charge in [-0.1, -0.05) is 12.1 Å². The van der Waals surface area contributed by atoms with Crippen LogP contribution in [0, 0.1) is 0 Å². The Morgan fingerprint density at radius 1 is 1.31 bits per heavy atom. The maximum atomic E-state index is 11.7. The van der Waals surface area contributed by atoms with E-state index in [1.54, 1.807) is 6.21 Å². The molecular weight excluding hydrogens is 388 g/mol. The van der Waals surface area contributed by atoms with E-state index in [9.17, 15) is 8.42 Å². The standard InChI is InChI=1S/C20H30N6O2S/c1-14-18-13-16(4-3-15(18)5-9-22-14)20(21)23-10-6-19(25-20)24-17-7-11-26(12-8-17)29(2,27)28/h3-4,6,10,13-14,17,22,24-25H,5,7-9,11-12,21H2,1-2H3. The summed E-state index contributed by atoms with van der Waals surface area (Å²) in [4.78, 5) is 4.51. The van der Waals surface area contributed by atoms with Crippen LogP contribution in [0.1, 0.15) is 42.5 Å². The number of rotatable bonds is 4. The van der Waals surface area contributed by atoms with Gasteiger partial charge in [0.25, 0.3) is 0 Å². The third-order valence-corrected chi connectivity index (χ3v) is 7.33. The number of nitrogens with two attached hydrogens (primary N) is 1. The Bertz CT molecular complexity index is 936. The van der Waals surface area contributed by atoms with Gasteiger partial charge >= 0.3 is 0 Å². The second kappa shape index (κ2) is 7.71. The van der Waals surface area contributed by atoms with Crippen molar-refractivity contribution >= 4 is 16.2 Å². The van der Waals surface area contributed by atoms with Gasteiger partial charge in [0.15, 0.2) is 0 Å². The topological polar surface area (TPSA) is 112 Å². The molecule has 3 aliphatic rings. The summed E-state index contributed by atoms with van der Waals surface area (Å²) < 4.78 is 24.9. The molecule has 9 heteroatoms. The van der Waals surface area contributed by atoms with E-state index in [0.717, 1.165) is 37.2 Å². The summed E-state index contributed by atoms with van der Waals surface area (Å²) in [5, 5.41) is 10.3. The molecule has 8 nitrogen and oxygen atoms in total. The van der Waals surface area contributed by atoms with Crippen LogP contribution in [0.4, 0.5) is 0 Å². The van der Waals surface area contributed by atoms with E-state index < -0.39 is 15.8 Å². The summed E-state index contributed by atoms with van der Waals surface area (Å²) >= 11 is 0. The van der Waals surface area contributed by atoms with E-state index in [1.807, 2.05) is 6.08 Å². The number of nitrogens with one attached hydrogen (secondary N) is 3. The minimum absolute atomic E-state index is 0.190. The Hall–Kier alpha value is -1.94. The lowest BCUT2D eigenvalue weighted by Gasteiger charge is -2.36. The van der Waals surface area contributed by atoms with Gasteiger partial charge in [-0.25, -0.2) is 17.7 Å². The second-order valence-electron chi connectivity index (χ2n) is 8.17. The number of aliphatic imine (C=N–C) groups is 1. The normalized spacial score (nSPS) is 28.4. The summed E-state index contributed by atoms with van der Waals surface area (Å²) in [5.74, 6) is -0.222. The van der Waals surface area contributed by atoms with E-state index in [-0.39, 0.29) is 6.04 Å². The molecule has 29 heavy (non-hydrogen) atoms. The van der Waals surface area contributed by atoms with Crippen molar-refractivity contribution in [1.82, 2.24) is 20.3 Å². The van der Waals surface area contributed by atoms with Crippen LogP contribution in [0.5, 0.6) is 0 Å². The highest BCUT2D eigenvalue weighted by Gasteiger charge is 2.32. The number of hydrogen-bond acceptors (Lipinski definition) is 7. The Morgan fingerprint density at radius 3 is 2.79 bits per heavy atom. The minimum Gasteiger partial charge on any atom is -0.369 e. The van der Waals surface area contributed by atoms with Gasteiger partial charge in [0, 0.05) is 37.0 Å². The Balaban J connectivity index is 1.44. The van der Waals surface area contributed by atoms with Gasteiger partial charge in [0.05, 0.1) is 6.26 Å². The highest BCUT2D eigenvalue weighted by Crippen LogP contribution is 2.28. The highest BCUT2D eigenvalue weighted by molar-refractivity contribution is 7.88. The summed E-state index contributed by atoms with van der Waals surface area (Å²) in [6.45, 7) is 4.22. The predicted molar refractivity (Wildman–Crippen MR) is 115 cm³/mol. The van der Waals surface area contributed by atoms with Crippen molar-refractivity contribution in [2.24, 2.45) is 10.7 Å². The number of hydrogen-bond donors (Lipinski definition) is 4. The van der Waals surface area contributed by atoms with Gasteiger partial charge in [-0.15, -0.1) is 0 Å². The quantitative estimate of drug-likeness (QED) is 0.566. The maximum absolute atomic E-state index is 11.7. The zero-order valence-corrected chi connectivity index (χ0v) is 17.8. The lowest BCUT2D eigenvalue weighted by atomic mass is 9.91. The fourth-order valence-corrected chi connectivity index (χ4v) is 5.16. The van der Waals surface area contributed by atoms with Gasteiger partial charge in [-0.05, 0) is 56.0 Å². The Kier molecular flexibility index (Phi) is 5.41. The van der Waals surface area contributed by atoms with Crippen LogP contribution < -0.4 is 21.7 Å². The number of fused-ring (bicyclic) bond motifs is 1. The van der Waals surface area contributed by atoms with Crippen molar-refractivity contribution in [3.63, 3.8) is 0 Å². The molecule has 4 rings (SSSR count). The average molecular weight is 419 g/mol. The van der Waals surface area contributed by atoms with Gasteiger partial charge in [-0.3, -0.25) is 5.73 Å². The predicted octanol–water partition coefficient (Wildman–Crippen LogP) is 0.491. The van der Waals surface area contributed by atoms with E-state index in [0.29, 0.717) is 19.1 Å². The molecule has 0 saturated carbocycles. The molecule has 1 aromatic rings. The first-order chi connectivity index (χ1) is 13.7. The SMILES string of the molecule is CC1NCCc2ccc(C3(N)N=CC=C(NC4CCN(S(C)(=O)=O)CC4)N3)cc21. The van der Waals surface area contributed by atoms with Crippen LogP contribution in [0.3, 0.4) is 0 Å². The number of nitrogens with zero attached hydrogens (tertiary/aromatic N) is 2. The molecule has 0 bridgehead atoms. The zero-order chi connectivity index (χ0) is 20.6. The molecule has 0 spiro atoms. The van der Waals surface area contributed by atoms with Crippen molar-refractivity contribution in [2.75, 3.05) is 25.9 Å². The lowest BCUT2D eigenvalue weighted by Crippen LogP contribution is -2.54. The molecule has 3 aliphatic heterocycles. The first kappa shape index (κ1) is 20.3. The minimum atomic E-state index is -3.12. The van der Waals surface area contributed by atoms with Crippen molar-refractivity contribution < 1.29 is 8.42 Å². The molecule has 2 unspecified atom stereocenters. The third-order valence-electron chi connectivity index (χ3n) is 6.02. The van der Waals surface area contributed by atoms with Crippen LogP contribution in [-0.2, 0) is 22.2 Å². The Morgan fingerprint density at radius 2 is 2.07 bits per heavy atom. The molecule has 0 radical (unpaired) electrons. The monoisotopic (exact) mass is 418 g/mol. The number of sulfonamides is 1. The molecule has 158 valence electrons. The van der Waals surface area contributed by atoms with Crippen LogP contribution in [0.2, 0.25) is 0 Å². The van der Waals surface area contributed by atoms with Crippen molar-refractivity contribution in [3.05, 3.63) is 46.8 Å². The Labute approximate surface area is 172 Å². The number of benzene rings is 1. The lowest BCUT2D eigenvalue weighted by molar-refractivity contribution is 0.288. The molecule has 0 amide bonds. The molecule has 5 N–H and O–H groups in total. The number of piperidine rings is 1. The maximum Gasteiger partial charge on any atom is 0.211 e. The van der Waals surface area contributed by atoms with Gasteiger partial charge in [0.2, 0.25) is 15.8 Å². The van der Waals surface area contributed by atoms with E-state index in [4.69, 9.17) is 5.73 Å². The summed E-state index contributed by atoms with van der Waals surface area (Å²) in [5.41, 5.74) is 10.2. The molecule has 0 aromatic heterocycles. The van der Waals surface area contributed by atoms with E-state index in [2.05, 4.69) is 46.1 Å². The van der Waals surface area contributed by atoms with Crippen molar-refractivity contribution in [1.29, 1.82) is 0 Å². The second-order valence-corrected chi connectivity index (χ2v) is 10.2. The summed E-state index contributed by atoms with van der Waals surface area (Å²) in [6, 6.07) is 6.83. The molecule has 3 heterocycles.